The van der Waals surface area contributed by atoms with Crippen LogP contribution < -0.4 is 0 Å². The standard InChI is InChI=1S/CH3O3/c2-1(3)4/h1-3H. The van der Waals surface area contributed by atoms with Gasteiger partial charge in [0.2, 0.25) is 0 Å². The third kappa shape index (κ3) is 101. The van der Waals surface area contributed by atoms with Crippen molar-refractivity contribution in [3.8, 4) is 0 Å². The maximum Gasteiger partial charge on any atom is 0.296 e. The van der Waals surface area contributed by atoms with Gasteiger partial charge in [0, 0.05) is 0 Å². The summed E-state index contributed by atoms with van der Waals surface area (Å²) in [6.45, 7) is -2.42. The Labute approximate surface area is 23.1 Å². The van der Waals surface area contributed by atoms with Crippen molar-refractivity contribution >= 4 is 0 Å². The van der Waals surface area contributed by atoms with E-state index in [9.17, 15) is 0 Å². The highest BCUT2D eigenvalue weighted by atomic mass is 16.6. The molecule has 0 heterocycles. The highest BCUT2D eigenvalue weighted by Gasteiger charge is 1.76. The second-order valence-electron chi connectivity index (χ2n) is 0.326. The van der Waals surface area contributed by atoms with E-state index < -0.39 is 6.48 Å². The van der Waals surface area contributed by atoms with Gasteiger partial charge in [-0.1, -0.05) is 0 Å². The summed E-state index contributed by atoms with van der Waals surface area (Å²) in [6, 6.07) is 0. The van der Waals surface area contributed by atoms with Crippen molar-refractivity contribution < 1.29 is 15.3 Å². The van der Waals surface area contributed by atoms with Gasteiger partial charge in [-0.3, -0.25) is 0 Å². The van der Waals surface area contributed by atoms with E-state index in [1.165, 1.54) is 0 Å². The lowest BCUT2D eigenvalue weighted by atomic mass is 11.4. The van der Waals surface area contributed by atoms with Gasteiger partial charge in [-0.05, 0) is 0 Å². The van der Waals surface area contributed by atoms with Gasteiger partial charge in [-0.25, -0.2) is 0 Å². The zero-order chi connectivity index (χ0) is 3.58. The molecule has 0 aliphatic rings. The van der Waals surface area contributed by atoms with Crippen LogP contribution in [0.5, 0.6) is 0 Å². The molecule has 0 saturated carbocycles. The molecule has 0 aliphatic heterocycles. The van der Waals surface area contributed by atoms with Crippen LogP contribution >= 0.6 is 0 Å². The number of hydrogen-bond acceptors (Lipinski definition) is 2. The molecule has 3 nitrogen and oxygen atoms in total. The molecule has 0 fully saturated rings. The van der Waals surface area contributed by atoms with E-state index in [0.717, 1.165) is 0 Å². The predicted molar refractivity (Wildman–Crippen MR) is 8.91 cm³/mol. The Morgan fingerprint density at radius 2 is 1.50 bits per heavy atom. The van der Waals surface area contributed by atoms with Crippen LogP contribution in [-0.4, -0.2) is 16.7 Å². The molecule has 3 heteroatoms. The topological polar surface area (TPSA) is 60.4 Å². The minimum absolute atomic E-state index is 2.42. The van der Waals surface area contributed by atoms with Gasteiger partial charge < -0.3 is 10.2 Å². The van der Waals surface area contributed by atoms with E-state index in [2.05, 4.69) is 0 Å². The smallest absolute Gasteiger partial charge is 0.296 e. The lowest BCUT2D eigenvalue weighted by molar-refractivity contribution is -0.236. The van der Waals surface area contributed by atoms with Gasteiger partial charge in [0.15, 0.2) is 0 Å². The Kier molecular flexibility index (Phi) is 1.19. The van der Waals surface area contributed by atoms with Crippen LogP contribution in [0.15, 0.2) is 0 Å². The summed E-state index contributed by atoms with van der Waals surface area (Å²) in [7, 11) is 0. The fourth-order valence-electron chi connectivity index (χ4n) is 0. The van der Waals surface area contributed by atoms with Crippen LogP contribution in [0.25, 0.3) is 0 Å². The fourth-order valence-corrected chi connectivity index (χ4v) is 0. The van der Waals surface area contributed by atoms with Gasteiger partial charge in [-0.2, -0.15) is 5.11 Å². The summed E-state index contributed by atoms with van der Waals surface area (Å²) in [4.78, 5) is 0. The van der Waals surface area contributed by atoms with Crippen LogP contribution in [0.3, 0.4) is 0 Å². The Morgan fingerprint density at radius 3 is 1.50 bits per heavy atom. The highest BCUT2D eigenvalue weighted by molar-refractivity contribution is 3.74. The van der Waals surface area contributed by atoms with Crippen molar-refractivity contribution in [2.75, 3.05) is 0 Å². The molecule has 4 heavy (non-hydrogen) atoms. The average Bonchev–Trinajstić information content (AvgIpc) is 0.811. The van der Waals surface area contributed by atoms with Crippen molar-refractivity contribution in [1.29, 1.82) is 0 Å². The molecule has 0 rings (SSSR count). The molecule has 25 valence electrons. The minimum atomic E-state index is -2.42. The van der Waals surface area contributed by atoms with Gasteiger partial charge in [0.1, 0.15) is 0 Å². The van der Waals surface area contributed by atoms with E-state index in [4.69, 9.17) is 15.3 Å². The van der Waals surface area contributed by atoms with Gasteiger partial charge >= 0.3 is 0 Å². The molecule has 1 radical (unpaired) electrons. The van der Waals surface area contributed by atoms with E-state index in [0.29, 0.717) is 0 Å². The normalized spacial score (nSPS) is 9.00. The average molecular weight is 63.0 g/mol. The maximum atomic E-state index is 8.64. The number of aliphatic hydroxyl groups excluding tert-OH is 1. The lowest BCUT2D eigenvalue weighted by Gasteiger charge is -1.75. The van der Waals surface area contributed by atoms with Crippen LogP contribution in [0, 0.1) is 0 Å². The number of aliphatic hydroxyl groups is 2. The Morgan fingerprint density at radius 1 is 1.50 bits per heavy atom. The molecule has 0 aromatic heterocycles. The monoisotopic (exact) mass is 63.0 g/mol. The van der Waals surface area contributed by atoms with Gasteiger partial charge in [0.05, 0.1) is 0 Å². The van der Waals surface area contributed by atoms with E-state index >= 15 is 0 Å². The summed E-state index contributed by atoms with van der Waals surface area (Å²) in [5.74, 6) is 0. The first-order chi connectivity index (χ1) is 1.73. The number of hydrogen-bond donors (Lipinski definition) is 2. The van der Waals surface area contributed by atoms with E-state index in [1.54, 1.807) is 0 Å². The molecule has 0 aliphatic carbocycles. The molecule has 0 saturated heterocycles. The van der Waals surface area contributed by atoms with Crippen LogP contribution in [0.4, 0.5) is 0 Å². The first-order valence-electron chi connectivity index (χ1n) is 0.752. The van der Waals surface area contributed by atoms with Gasteiger partial charge in [0.25, 0.3) is 6.48 Å². The summed E-state index contributed by atoms with van der Waals surface area (Å²) in [5.41, 5.74) is 0. The third-order valence-electron chi connectivity index (χ3n) is 0. The Hall–Kier alpha value is -0.120. The maximum absolute atomic E-state index is 8.64. The summed E-state index contributed by atoms with van der Waals surface area (Å²) in [5, 5.41) is 22.8. The molecule has 0 unspecified atom stereocenters. The fraction of sp³-hybridized carbons (Fsp3) is 1.00. The highest BCUT2D eigenvalue weighted by Crippen LogP contribution is 1.52. The quantitative estimate of drug-likeness (QED) is 0.343. The first-order valence-corrected chi connectivity index (χ1v) is 0.752. The Balaban J connectivity index is 2.32. The molecule has 0 bridgehead atoms. The summed E-state index contributed by atoms with van der Waals surface area (Å²) >= 11 is 0. The molecule has 0 aromatic carbocycles. The van der Waals surface area contributed by atoms with Gasteiger partial charge in [-0.15, -0.1) is 0 Å². The molecule has 0 amide bonds. The molecular weight excluding hydrogens is 60.0 g/mol. The van der Waals surface area contributed by atoms with Crippen molar-refractivity contribution in [3.05, 3.63) is 0 Å². The Bertz CT molecular complexity index is 8.00. The predicted octanol–water partition coefficient (Wildman–Crippen LogP) is -1.31. The first kappa shape index (κ1) is 3.88. The SMILES string of the molecule is [O]C(O)O. The van der Waals surface area contributed by atoms with E-state index in [1.807, 2.05) is 0 Å². The van der Waals surface area contributed by atoms with E-state index in [-0.39, 0.29) is 0 Å². The largest absolute Gasteiger partial charge is 0.344 e. The van der Waals surface area contributed by atoms with Crippen LogP contribution in [-0.2, 0) is 5.11 Å². The summed E-state index contributed by atoms with van der Waals surface area (Å²) < 4.78 is 0. The van der Waals surface area contributed by atoms with Crippen molar-refractivity contribution in [2.24, 2.45) is 0 Å². The van der Waals surface area contributed by atoms with Crippen LogP contribution in [0.1, 0.15) is 0 Å². The van der Waals surface area contributed by atoms with Crippen LogP contribution in [0.2, 0.25) is 0 Å². The van der Waals surface area contributed by atoms with Crippen molar-refractivity contribution in [2.45, 2.75) is 6.48 Å². The zero-order valence-corrected chi connectivity index (χ0v) is 1.88. The van der Waals surface area contributed by atoms with Crippen molar-refractivity contribution in [1.82, 2.24) is 0 Å². The third-order valence-corrected chi connectivity index (χ3v) is 0. The molecule has 0 spiro atoms. The molecule has 0 aromatic rings. The second kappa shape index (κ2) is 1.23. The minimum Gasteiger partial charge on any atom is -0.344 e. The molecule has 2 N–H and O–H groups in total. The molecule has 0 atom stereocenters. The second-order valence-corrected chi connectivity index (χ2v) is 0.326. The van der Waals surface area contributed by atoms with Crippen molar-refractivity contribution in [3.63, 3.8) is 0 Å². The number of rotatable bonds is 0. The summed E-state index contributed by atoms with van der Waals surface area (Å²) in [6.07, 6.45) is 0. The lowest BCUT2D eigenvalue weighted by Crippen LogP contribution is -1.95. The zero-order valence-electron chi connectivity index (χ0n) is 1.88. The molecular formula is CH3O3.